The second-order valence-corrected chi connectivity index (χ2v) is 2.00. The van der Waals surface area contributed by atoms with Gasteiger partial charge in [-0.1, -0.05) is 0 Å². The fourth-order valence-corrected chi connectivity index (χ4v) is 0.739. The first-order valence-electron chi connectivity index (χ1n) is 3.13. The van der Waals surface area contributed by atoms with E-state index in [-0.39, 0.29) is 11.4 Å². The molecule has 3 N–H and O–H groups in total. The Bertz CT molecular complexity index is 389. The van der Waals surface area contributed by atoms with Crippen LogP contribution in [0.4, 0.5) is 0 Å². The summed E-state index contributed by atoms with van der Waals surface area (Å²) in [5.74, 6) is -2.15. The van der Waals surface area contributed by atoms with Crippen LogP contribution in [0.2, 0.25) is 0 Å². The Balaban J connectivity index is 3.02. The van der Waals surface area contributed by atoms with E-state index < -0.39 is 11.9 Å². The number of carboxylic acid groups (broad SMARTS) is 1. The molecule has 1 rings (SSSR count). The molecule has 7 heteroatoms. The van der Waals surface area contributed by atoms with Gasteiger partial charge in [0.15, 0.2) is 17.6 Å². The SMILES string of the molecule is N#CNC(=O)c1nc[nH]c1C(=O)O. The monoisotopic (exact) mass is 180 g/mol. The quantitative estimate of drug-likeness (QED) is 0.411. The van der Waals surface area contributed by atoms with E-state index in [2.05, 4.69) is 9.97 Å². The van der Waals surface area contributed by atoms with Crippen LogP contribution in [0.3, 0.4) is 0 Å². The van der Waals surface area contributed by atoms with E-state index >= 15 is 0 Å². The van der Waals surface area contributed by atoms with Crippen molar-refractivity contribution in [3.8, 4) is 6.19 Å². The first kappa shape index (κ1) is 8.73. The van der Waals surface area contributed by atoms with Gasteiger partial charge in [-0.2, -0.15) is 5.26 Å². The van der Waals surface area contributed by atoms with Crippen molar-refractivity contribution in [2.75, 3.05) is 0 Å². The van der Waals surface area contributed by atoms with Gasteiger partial charge in [0.05, 0.1) is 6.33 Å². The normalized spacial score (nSPS) is 8.85. The summed E-state index contributed by atoms with van der Waals surface area (Å²) >= 11 is 0. The van der Waals surface area contributed by atoms with E-state index in [4.69, 9.17) is 10.4 Å². The molecule has 1 heterocycles. The average Bonchev–Trinajstić information content (AvgIpc) is 2.52. The van der Waals surface area contributed by atoms with Crippen LogP contribution < -0.4 is 5.32 Å². The van der Waals surface area contributed by atoms with Gasteiger partial charge in [-0.15, -0.1) is 0 Å². The molecule has 0 aliphatic carbocycles. The lowest BCUT2D eigenvalue weighted by molar-refractivity contribution is 0.0685. The summed E-state index contributed by atoms with van der Waals surface area (Å²) in [6, 6.07) is 0. The van der Waals surface area contributed by atoms with Gasteiger partial charge in [-0.3, -0.25) is 10.1 Å². The highest BCUT2D eigenvalue weighted by molar-refractivity contribution is 6.02. The van der Waals surface area contributed by atoms with Crippen molar-refractivity contribution in [2.24, 2.45) is 0 Å². The Morgan fingerprint density at radius 3 is 2.92 bits per heavy atom. The van der Waals surface area contributed by atoms with Crippen molar-refractivity contribution < 1.29 is 14.7 Å². The minimum absolute atomic E-state index is 0.311. The molecule has 0 fully saturated rings. The van der Waals surface area contributed by atoms with Gasteiger partial charge in [0.1, 0.15) is 0 Å². The number of nitrogens with zero attached hydrogens (tertiary/aromatic N) is 2. The van der Waals surface area contributed by atoms with Gasteiger partial charge in [0, 0.05) is 0 Å². The highest BCUT2D eigenvalue weighted by atomic mass is 16.4. The number of hydrogen-bond acceptors (Lipinski definition) is 4. The Kier molecular flexibility index (Phi) is 2.26. The fraction of sp³-hybridized carbons (Fsp3) is 0. The molecule has 1 aromatic rings. The highest BCUT2D eigenvalue weighted by Crippen LogP contribution is 2.01. The van der Waals surface area contributed by atoms with Gasteiger partial charge in [0.25, 0.3) is 5.91 Å². The lowest BCUT2D eigenvalue weighted by atomic mass is 10.3. The average molecular weight is 180 g/mol. The number of rotatable bonds is 2. The van der Waals surface area contributed by atoms with Gasteiger partial charge >= 0.3 is 5.97 Å². The maximum Gasteiger partial charge on any atom is 0.354 e. The van der Waals surface area contributed by atoms with Gasteiger partial charge in [-0.25, -0.2) is 9.78 Å². The summed E-state index contributed by atoms with van der Waals surface area (Å²) in [6.07, 6.45) is 2.44. The zero-order valence-corrected chi connectivity index (χ0v) is 6.24. The van der Waals surface area contributed by atoms with E-state index in [9.17, 15) is 9.59 Å². The number of amides is 1. The number of imidazole rings is 1. The third-order valence-electron chi connectivity index (χ3n) is 1.24. The molecule has 1 aromatic heterocycles. The molecule has 1 amide bonds. The molecular formula is C6H4N4O3. The molecular weight excluding hydrogens is 176 g/mol. The van der Waals surface area contributed by atoms with Crippen molar-refractivity contribution in [3.63, 3.8) is 0 Å². The minimum Gasteiger partial charge on any atom is -0.477 e. The predicted octanol–water partition coefficient (Wildman–Crippen LogP) is -0.681. The van der Waals surface area contributed by atoms with Crippen LogP contribution >= 0.6 is 0 Å². The van der Waals surface area contributed by atoms with E-state index in [0.29, 0.717) is 0 Å². The third-order valence-corrected chi connectivity index (χ3v) is 1.24. The van der Waals surface area contributed by atoms with Crippen molar-refractivity contribution in [2.45, 2.75) is 0 Å². The molecule has 13 heavy (non-hydrogen) atoms. The second-order valence-electron chi connectivity index (χ2n) is 2.00. The number of nitriles is 1. The van der Waals surface area contributed by atoms with Crippen molar-refractivity contribution in [1.82, 2.24) is 15.3 Å². The van der Waals surface area contributed by atoms with Gasteiger partial charge < -0.3 is 10.1 Å². The van der Waals surface area contributed by atoms with Crippen molar-refractivity contribution in [1.29, 1.82) is 5.26 Å². The number of aromatic amines is 1. The van der Waals surface area contributed by atoms with Crippen LogP contribution in [-0.2, 0) is 0 Å². The second kappa shape index (κ2) is 3.36. The molecule has 7 nitrogen and oxygen atoms in total. The molecule has 0 aromatic carbocycles. The first-order valence-corrected chi connectivity index (χ1v) is 3.13. The zero-order chi connectivity index (χ0) is 9.84. The Labute approximate surface area is 72.0 Å². The maximum atomic E-state index is 11.0. The topological polar surface area (TPSA) is 119 Å². The number of carbonyl (C=O) groups excluding carboxylic acids is 1. The Morgan fingerprint density at radius 2 is 2.38 bits per heavy atom. The molecule has 0 aliphatic rings. The van der Waals surface area contributed by atoms with E-state index in [1.165, 1.54) is 6.19 Å². The van der Waals surface area contributed by atoms with Gasteiger partial charge in [-0.05, 0) is 0 Å². The molecule has 0 spiro atoms. The molecule has 0 atom stereocenters. The minimum atomic E-state index is -1.31. The van der Waals surface area contributed by atoms with Crippen molar-refractivity contribution in [3.05, 3.63) is 17.7 Å². The predicted molar refractivity (Wildman–Crippen MR) is 38.6 cm³/mol. The highest BCUT2D eigenvalue weighted by Gasteiger charge is 2.18. The summed E-state index contributed by atoms with van der Waals surface area (Å²) in [7, 11) is 0. The molecule has 0 aliphatic heterocycles. The van der Waals surface area contributed by atoms with Gasteiger partial charge in [0.2, 0.25) is 0 Å². The third kappa shape index (κ3) is 1.62. The molecule has 0 saturated heterocycles. The number of aromatic nitrogens is 2. The number of carbonyl (C=O) groups is 2. The van der Waals surface area contributed by atoms with E-state index in [1.807, 2.05) is 0 Å². The molecule has 0 bridgehead atoms. The molecule has 0 unspecified atom stereocenters. The maximum absolute atomic E-state index is 11.0. The number of hydrogen-bond donors (Lipinski definition) is 3. The van der Waals surface area contributed by atoms with Crippen LogP contribution in [0, 0.1) is 11.5 Å². The number of nitrogens with one attached hydrogen (secondary N) is 2. The molecule has 0 radical (unpaired) electrons. The van der Waals surface area contributed by atoms with Crippen LogP contribution in [-0.4, -0.2) is 27.0 Å². The Morgan fingerprint density at radius 1 is 1.69 bits per heavy atom. The van der Waals surface area contributed by atoms with E-state index in [0.717, 1.165) is 6.33 Å². The van der Waals surface area contributed by atoms with Crippen LogP contribution in [0.25, 0.3) is 0 Å². The standard InChI is InChI=1S/C6H4N4O3/c7-1-8-5(11)3-4(6(12)13)10-2-9-3/h2H,(H,8,11)(H,9,10)(H,12,13). The van der Waals surface area contributed by atoms with Crippen LogP contribution in [0.5, 0.6) is 0 Å². The number of aromatic carboxylic acids is 1. The molecule has 0 saturated carbocycles. The smallest absolute Gasteiger partial charge is 0.354 e. The summed E-state index contributed by atoms with van der Waals surface area (Å²) in [5, 5.41) is 18.4. The van der Waals surface area contributed by atoms with Crippen molar-refractivity contribution >= 4 is 11.9 Å². The summed E-state index contributed by atoms with van der Waals surface area (Å²) in [5.41, 5.74) is -0.651. The zero-order valence-electron chi connectivity index (χ0n) is 6.24. The number of carboxylic acids is 1. The number of H-pyrrole nitrogens is 1. The largest absolute Gasteiger partial charge is 0.477 e. The summed E-state index contributed by atoms with van der Waals surface area (Å²) in [4.78, 5) is 27.1. The summed E-state index contributed by atoms with van der Waals surface area (Å²) < 4.78 is 0. The van der Waals surface area contributed by atoms with E-state index in [1.54, 1.807) is 5.32 Å². The Hall–Kier alpha value is -2.36. The lowest BCUT2D eigenvalue weighted by Crippen LogP contribution is -2.20. The molecule has 66 valence electrons. The fourth-order valence-electron chi connectivity index (χ4n) is 0.739. The lowest BCUT2D eigenvalue weighted by Gasteiger charge is -1.93. The van der Waals surface area contributed by atoms with Crippen LogP contribution in [0.1, 0.15) is 21.0 Å². The summed E-state index contributed by atoms with van der Waals surface area (Å²) in [6.45, 7) is 0. The van der Waals surface area contributed by atoms with Crippen LogP contribution in [0.15, 0.2) is 6.33 Å². The first-order chi connectivity index (χ1) is 6.16.